The van der Waals surface area contributed by atoms with Gasteiger partial charge in [-0.25, -0.2) is 29.0 Å². The van der Waals surface area contributed by atoms with Gasteiger partial charge in [-0.2, -0.15) is 0 Å². The molecule has 170 valence electrons. The minimum Gasteiger partial charge on any atom is -0.367 e. The smallest absolute Gasteiger partial charge is 0.367 e. The summed E-state index contributed by atoms with van der Waals surface area (Å²) in [5.74, 6) is 1.80. The fraction of sp³-hybridized carbons (Fsp3) is 0.417. The first-order chi connectivity index (χ1) is 15.3. The largest absolute Gasteiger partial charge is 0.385 e. The minimum atomic E-state index is -0.998. The van der Waals surface area contributed by atoms with Crippen LogP contribution in [0.25, 0.3) is 0 Å². The maximum atomic E-state index is 12.6. The van der Waals surface area contributed by atoms with E-state index >= 15 is 0 Å². The molecule has 0 radical (unpaired) electrons. The number of allylic oxidation sites excluding steroid dienone is 4. The van der Waals surface area contributed by atoms with E-state index in [0.717, 1.165) is 0 Å². The molecule has 0 fully saturated rings. The average molecular weight is 442 g/mol. The first-order valence-electron chi connectivity index (χ1n) is 10.2. The molecule has 0 bridgehead atoms. The van der Waals surface area contributed by atoms with Gasteiger partial charge in [0.25, 0.3) is 0 Å². The molecule has 2 aliphatic carbocycles. The fourth-order valence-electron chi connectivity index (χ4n) is 2.83. The third-order valence-corrected chi connectivity index (χ3v) is 4.33. The van der Waals surface area contributed by atoms with Gasteiger partial charge >= 0.3 is 11.9 Å². The van der Waals surface area contributed by atoms with Crippen LogP contribution in [0, 0.1) is 11.8 Å². The Labute approximate surface area is 186 Å². The second-order valence-electron chi connectivity index (χ2n) is 8.03. The fourth-order valence-corrected chi connectivity index (χ4v) is 2.83. The molecular formula is C24H26O8. The van der Waals surface area contributed by atoms with Gasteiger partial charge < -0.3 is 9.47 Å². The predicted molar refractivity (Wildman–Crippen MR) is 114 cm³/mol. The van der Waals surface area contributed by atoms with Gasteiger partial charge in [0, 0.05) is 0 Å². The molecule has 2 rings (SSSR count). The van der Waals surface area contributed by atoms with E-state index in [2.05, 4.69) is 0 Å². The first kappa shape index (κ1) is 25.0. The number of ether oxygens (including phenoxy) is 2. The van der Waals surface area contributed by atoms with Crippen molar-refractivity contribution in [2.45, 2.75) is 39.9 Å². The van der Waals surface area contributed by atoms with Crippen LogP contribution in [0.4, 0.5) is 0 Å². The van der Waals surface area contributed by atoms with E-state index in [1.165, 1.54) is 36.5 Å². The molecule has 8 nitrogen and oxygen atoms in total. The summed E-state index contributed by atoms with van der Waals surface area (Å²) in [5.41, 5.74) is 0.208. The SMILES string of the molecule is CC(C)COC1C(=C=O)C=CC=C1C(=O)OOC(=O)C1=CC=CC(=C=O)C1OCC(C)C. The van der Waals surface area contributed by atoms with Crippen LogP contribution in [0.15, 0.2) is 58.7 Å². The van der Waals surface area contributed by atoms with Crippen LogP contribution < -0.4 is 0 Å². The molecule has 0 aromatic rings. The second kappa shape index (κ2) is 11.9. The van der Waals surface area contributed by atoms with Crippen molar-refractivity contribution in [3.8, 4) is 0 Å². The van der Waals surface area contributed by atoms with E-state index in [1.54, 1.807) is 11.9 Å². The molecule has 0 heterocycles. The molecule has 0 saturated carbocycles. The third kappa shape index (κ3) is 6.61. The highest BCUT2D eigenvalue weighted by Crippen LogP contribution is 2.25. The lowest BCUT2D eigenvalue weighted by Gasteiger charge is -2.23. The Morgan fingerprint density at radius 3 is 1.47 bits per heavy atom. The molecule has 0 aromatic heterocycles. The number of carbonyl (C=O) groups is 2. The number of carbonyl (C=O) groups excluding carboxylic acids is 4. The predicted octanol–water partition coefficient (Wildman–Crippen LogP) is 2.58. The third-order valence-electron chi connectivity index (χ3n) is 4.33. The van der Waals surface area contributed by atoms with E-state index in [4.69, 9.17) is 19.2 Å². The highest BCUT2D eigenvalue weighted by Gasteiger charge is 2.33. The molecule has 0 amide bonds. The maximum Gasteiger partial charge on any atom is 0.385 e. The summed E-state index contributed by atoms with van der Waals surface area (Å²) in [6.45, 7) is 8.22. The molecular weight excluding hydrogens is 416 g/mol. The van der Waals surface area contributed by atoms with Gasteiger partial charge in [0.2, 0.25) is 0 Å². The van der Waals surface area contributed by atoms with Crippen LogP contribution >= 0.6 is 0 Å². The van der Waals surface area contributed by atoms with Gasteiger partial charge in [-0.15, -0.1) is 0 Å². The summed E-state index contributed by atoms with van der Waals surface area (Å²) >= 11 is 0. The topological polar surface area (TPSA) is 105 Å². The lowest BCUT2D eigenvalue weighted by Crippen LogP contribution is -2.31. The number of hydrogen-bond acceptors (Lipinski definition) is 8. The molecule has 8 heteroatoms. The summed E-state index contributed by atoms with van der Waals surface area (Å²) in [4.78, 5) is 57.1. The van der Waals surface area contributed by atoms with Crippen LogP contribution in [-0.2, 0) is 38.4 Å². The quantitative estimate of drug-likeness (QED) is 0.321. The van der Waals surface area contributed by atoms with Crippen molar-refractivity contribution in [1.29, 1.82) is 0 Å². The van der Waals surface area contributed by atoms with Crippen LogP contribution in [-0.4, -0.2) is 49.2 Å². The summed E-state index contributed by atoms with van der Waals surface area (Å²) in [6, 6.07) is 0. The van der Waals surface area contributed by atoms with Crippen molar-refractivity contribution in [3.05, 3.63) is 58.7 Å². The monoisotopic (exact) mass is 442 g/mol. The summed E-state index contributed by atoms with van der Waals surface area (Å²) < 4.78 is 11.3. The Morgan fingerprint density at radius 1 is 0.781 bits per heavy atom. The van der Waals surface area contributed by atoms with Gasteiger partial charge in [-0.1, -0.05) is 39.8 Å². The van der Waals surface area contributed by atoms with E-state index < -0.39 is 24.1 Å². The van der Waals surface area contributed by atoms with Gasteiger partial charge in [-0.05, 0) is 36.1 Å². The Balaban J connectivity index is 2.10. The standard InChI is InChI=1S/C24H26O8/c1-15(2)13-29-21-17(11-25)7-5-9-19(21)23(27)31-32-24(28)20-10-6-8-18(12-26)22(20)30-14-16(3)4/h5-10,15-16,21-22H,13-14H2,1-4H3. The molecule has 0 N–H and O–H groups in total. The summed E-state index contributed by atoms with van der Waals surface area (Å²) in [6.07, 6.45) is 6.73. The van der Waals surface area contributed by atoms with Gasteiger partial charge in [0.1, 0.15) is 24.1 Å². The van der Waals surface area contributed by atoms with E-state index in [9.17, 15) is 19.2 Å². The first-order valence-corrected chi connectivity index (χ1v) is 10.2. The number of rotatable bonds is 8. The van der Waals surface area contributed by atoms with Crippen molar-refractivity contribution < 1.29 is 38.4 Å². The van der Waals surface area contributed by atoms with Crippen molar-refractivity contribution in [1.82, 2.24) is 0 Å². The Bertz CT molecular complexity index is 872. The van der Waals surface area contributed by atoms with Crippen molar-refractivity contribution in [2.24, 2.45) is 11.8 Å². The Morgan fingerprint density at radius 2 is 1.16 bits per heavy atom. The van der Waals surface area contributed by atoms with Crippen LogP contribution in [0.3, 0.4) is 0 Å². The summed E-state index contributed by atoms with van der Waals surface area (Å²) in [5, 5.41) is 0. The van der Waals surface area contributed by atoms with Gasteiger partial charge in [0.15, 0.2) is 0 Å². The van der Waals surface area contributed by atoms with Crippen molar-refractivity contribution in [3.63, 3.8) is 0 Å². The zero-order chi connectivity index (χ0) is 23.7. The zero-order valence-corrected chi connectivity index (χ0v) is 18.5. The molecule has 2 unspecified atom stereocenters. The minimum absolute atomic E-state index is 0.0158. The molecule has 2 aliphatic rings. The normalized spacial score (nSPS) is 19.9. The lowest BCUT2D eigenvalue weighted by atomic mass is 9.97. The van der Waals surface area contributed by atoms with Crippen molar-refractivity contribution in [2.75, 3.05) is 13.2 Å². The van der Waals surface area contributed by atoms with Crippen LogP contribution in [0.2, 0.25) is 0 Å². The average Bonchev–Trinajstić information content (AvgIpc) is 2.78. The Hall–Kier alpha value is -3.28. The van der Waals surface area contributed by atoms with Gasteiger partial charge in [-0.3, -0.25) is 0 Å². The van der Waals surface area contributed by atoms with E-state index in [0.29, 0.717) is 0 Å². The van der Waals surface area contributed by atoms with Gasteiger partial charge in [0.05, 0.1) is 35.5 Å². The van der Waals surface area contributed by atoms with E-state index in [1.807, 2.05) is 27.7 Å². The molecule has 0 spiro atoms. The Kier molecular flexibility index (Phi) is 9.32. The van der Waals surface area contributed by atoms with Crippen molar-refractivity contribution >= 4 is 23.8 Å². The molecule has 0 saturated heterocycles. The maximum absolute atomic E-state index is 12.6. The highest BCUT2D eigenvalue weighted by molar-refractivity contribution is 5.95. The van der Waals surface area contributed by atoms with Crippen LogP contribution in [0.5, 0.6) is 0 Å². The summed E-state index contributed by atoms with van der Waals surface area (Å²) in [7, 11) is 0. The van der Waals surface area contributed by atoms with E-state index in [-0.39, 0.29) is 47.3 Å². The van der Waals surface area contributed by atoms with Crippen LogP contribution in [0.1, 0.15) is 27.7 Å². The lowest BCUT2D eigenvalue weighted by molar-refractivity contribution is -0.253. The molecule has 0 aromatic carbocycles. The molecule has 32 heavy (non-hydrogen) atoms. The molecule has 2 atom stereocenters. The number of hydrogen-bond donors (Lipinski definition) is 0. The molecule has 0 aliphatic heterocycles. The highest BCUT2D eigenvalue weighted by atomic mass is 17.2. The second-order valence-corrected chi connectivity index (χ2v) is 8.03. The zero-order valence-electron chi connectivity index (χ0n) is 18.5.